The van der Waals surface area contributed by atoms with E-state index in [9.17, 15) is 4.91 Å². The summed E-state index contributed by atoms with van der Waals surface area (Å²) in [5.74, 6) is 0.602. The fraction of sp³-hybridized carbons (Fsp3) is 0.267. The van der Waals surface area contributed by atoms with Gasteiger partial charge in [-0.3, -0.25) is 0 Å². The summed E-state index contributed by atoms with van der Waals surface area (Å²) in [4.78, 5) is 14.4. The van der Waals surface area contributed by atoms with Crippen molar-refractivity contribution in [3.05, 3.63) is 64.2 Å². The van der Waals surface area contributed by atoms with Crippen molar-refractivity contribution in [2.24, 2.45) is 5.18 Å². The van der Waals surface area contributed by atoms with Crippen molar-refractivity contribution < 1.29 is 4.74 Å². The largest absolute Gasteiger partial charge is 0.473 e. The van der Waals surface area contributed by atoms with Gasteiger partial charge in [0, 0.05) is 18.7 Å². The van der Waals surface area contributed by atoms with Crippen LogP contribution in [0.4, 0.5) is 0 Å². The average molecular weight is 291 g/mol. The second-order valence-corrected chi connectivity index (χ2v) is 5.03. The lowest BCUT2D eigenvalue weighted by molar-refractivity contribution is 0.294. The zero-order valence-electron chi connectivity index (χ0n) is 11.1. The van der Waals surface area contributed by atoms with Gasteiger partial charge < -0.3 is 4.74 Å². The molecular weight excluding hydrogens is 276 g/mol. The number of benzene rings is 1. The monoisotopic (exact) mass is 290 g/mol. The normalized spacial score (nSPS) is 11.9. The van der Waals surface area contributed by atoms with Crippen molar-refractivity contribution in [2.75, 3.05) is 0 Å². The van der Waals surface area contributed by atoms with Crippen LogP contribution in [-0.4, -0.2) is 10.5 Å². The molecular formula is C15H15ClN2O2. The van der Waals surface area contributed by atoms with Gasteiger partial charge in [-0.2, -0.15) is 0 Å². The maximum absolute atomic E-state index is 10.3. The molecule has 0 N–H and O–H groups in total. The summed E-state index contributed by atoms with van der Waals surface area (Å²) in [7, 11) is 0. The molecule has 1 aromatic carbocycles. The summed E-state index contributed by atoms with van der Waals surface area (Å²) in [6.07, 6.45) is 2.21. The number of aromatic nitrogens is 1. The van der Waals surface area contributed by atoms with E-state index in [2.05, 4.69) is 10.2 Å². The molecule has 0 aliphatic rings. The number of hydrogen-bond acceptors (Lipinski definition) is 4. The molecule has 0 spiro atoms. The number of halogens is 1. The molecule has 0 aliphatic carbocycles. The molecule has 0 saturated carbocycles. The fourth-order valence-corrected chi connectivity index (χ4v) is 1.88. The number of pyridine rings is 1. The molecule has 1 heterocycles. The van der Waals surface area contributed by atoms with Gasteiger partial charge in [0.1, 0.15) is 6.61 Å². The van der Waals surface area contributed by atoms with Crippen LogP contribution in [0.1, 0.15) is 16.7 Å². The van der Waals surface area contributed by atoms with Gasteiger partial charge in [0.05, 0.1) is 0 Å². The Morgan fingerprint density at radius 3 is 2.50 bits per heavy atom. The molecule has 0 bridgehead atoms. The van der Waals surface area contributed by atoms with Crippen molar-refractivity contribution in [1.82, 2.24) is 4.98 Å². The number of ether oxygens (including phenoxy) is 1. The summed E-state index contributed by atoms with van der Waals surface area (Å²) in [5.41, 5.74) is 2.39. The first-order valence-corrected chi connectivity index (χ1v) is 6.71. The first-order valence-electron chi connectivity index (χ1n) is 6.27. The third-order valence-electron chi connectivity index (χ3n) is 2.81. The fourth-order valence-electron chi connectivity index (χ4n) is 1.70. The zero-order chi connectivity index (χ0) is 14.4. The van der Waals surface area contributed by atoms with Crippen LogP contribution in [0.15, 0.2) is 47.8 Å². The Balaban J connectivity index is 1.90. The predicted octanol–water partition coefficient (Wildman–Crippen LogP) is 3.84. The molecule has 2 rings (SSSR count). The lowest BCUT2D eigenvalue weighted by Crippen LogP contribution is -2.00. The van der Waals surface area contributed by atoms with Crippen LogP contribution < -0.4 is 4.74 Å². The van der Waals surface area contributed by atoms with E-state index >= 15 is 0 Å². The number of hydrogen-bond donors (Lipinski definition) is 0. The van der Waals surface area contributed by atoms with Gasteiger partial charge in [-0.15, -0.1) is 4.91 Å². The maximum Gasteiger partial charge on any atom is 0.213 e. The van der Waals surface area contributed by atoms with Gasteiger partial charge in [-0.25, -0.2) is 4.98 Å². The van der Waals surface area contributed by atoms with Crippen molar-refractivity contribution in [2.45, 2.75) is 25.5 Å². The van der Waals surface area contributed by atoms with Gasteiger partial charge >= 0.3 is 0 Å². The van der Waals surface area contributed by atoms with Crippen molar-refractivity contribution >= 4 is 11.6 Å². The standard InChI is InChI=1S/C15H15ClN2O2/c1-11-2-7-15(17-9-11)20-10-13-5-3-12(4-6-13)8-14(16)18-19/h2-7,9,14H,8,10H2,1H3. The van der Waals surface area contributed by atoms with E-state index in [0.29, 0.717) is 18.9 Å². The Morgan fingerprint density at radius 1 is 1.20 bits per heavy atom. The van der Waals surface area contributed by atoms with Crippen LogP contribution in [-0.2, 0) is 13.0 Å². The molecule has 20 heavy (non-hydrogen) atoms. The van der Waals surface area contributed by atoms with Crippen molar-refractivity contribution in [3.63, 3.8) is 0 Å². The molecule has 2 aromatic rings. The van der Waals surface area contributed by atoms with Gasteiger partial charge in [0.2, 0.25) is 5.88 Å². The summed E-state index contributed by atoms with van der Waals surface area (Å²) < 4.78 is 5.58. The zero-order valence-corrected chi connectivity index (χ0v) is 11.9. The number of nitrogens with zero attached hydrogens (tertiary/aromatic N) is 2. The molecule has 1 unspecified atom stereocenters. The topological polar surface area (TPSA) is 51.5 Å². The third-order valence-corrected chi connectivity index (χ3v) is 3.05. The molecule has 0 aliphatic heterocycles. The Hall–Kier alpha value is -1.94. The van der Waals surface area contributed by atoms with E-state index in [0.717, 1.165) is 16.7 Å². The second kappa shape index (κ2) is 7.01. The highest BCUT2D eigenvalue weighted by Gasteiger charge is 2.05. The van der Waals surface area contributed by atoms with Gasteiger partial charge in [0.25, 0.3) is 0 Å². The molecule has 1 atom stereocenters. The van der Waals surface area contributed by atoms with Crippen molar-refractivity contribution in [3.8, 4) is 5.88 Å². The van der Waals surface area contributed by atoms with Crippen LogP contribution in [0.5, 0.6) is 5.88 Å². The summed E-state index contributed by atoms with van der Waals surface area (Å²) in [6, 6.07) is 11.5. The minimum atomic E-state index is -0.714. The third kappa shape index (κ3) is 4.31. The van der Waals surface area contributed by atoms with Gasteiger partial charge in [-0.05, 0) is 28.8 Å². The number of aryl methyl sites for hydroxylation is 1. The maximum atomic E-state index is 10.3. The average Bonchev–Trinajstić information content (AvgIpc) is 2.48. The van der Waals surface area contributed by atoms with E-state index in [1.165, 1.54) is 0 Å². The Labute approximate surface area is 122 Å². The predicted molar refractivity (Wildman–Crippen MR) is 78.9 cm³/mol. The Kier molecular flexibility index (Phi) is 5.07. The number of rotatable bonds is 6. The molecule has 104 valence electrons. The highest BCUT2D eigenvalue weighted by molar-refractivity contribution is 6.20. The van der Waals surface area contributed by atoms with Crippen LogP contribution in [0.3, 0.4) is 0 Å². The first kappa shape index (κ1) is 14.5. The van der Waals surface area contributed by atoms with E-state index < -0.39 is 5.50 Å². The van der Waals surface area contributed by atoms with Crippen LogP contribution in [0.25, 0.3) is 0 Å². The van der Waals surface area contributed by atoms with Gasteiger partial charge in [0.15, 0.2) is 5.50 Å². The number of nitroso groups, excluding NO2 is 1. The van der Waals surface area contributed by atoms with Crippen LogP contribution in [0.2, 0.25) is 0 Å². The minimum Gasteiger partial charge on any atom is -0.473 e. The Bertz CT molecular complexity index is 555. The molecule has 0 amide bonds. The number of alkyl halides is 1. The molecule has 1 aromatic heterocycles. The molecule has 0 saturated heterocycles. The summed E-state index contributed by atoms with van der Waals surface area (Å²) in [6.45, 7) is 2.43. The Morgan fingerprint density at radius 2 is 1.90 bits per heavy atom. The van der Waals surface area contributed by atoms with Gasteiger partial charge in [-0.1, -0.05) is 41.9 Å². The minimum absolute atomic E-state index is 0.436. The van der Waals surface area contributed by atoms with Crippen LogP contribution in [0, 0.1) is 11.8 Å². The van der Waals surface area contributed by atoms with Crippen LogP contribution >= 0.6 is 11.6 Å². The lowest BCUT2D eigenvalue weighted by atomic mass is 10.1. The van der Waals surface area contributed by atoms with Crippen molar-refractivity contribution in [1.29, 1.82) is 0 Å². The quantitative estimate of drug-likeness (QED) is 0.461. The summed E-state index contributed by atoms with van der Waals surface area (Å²) >= 11 is 5.68. The van der Waals surface area contributed by atoms with E-state index in [1.807, 2.05) is 43.3 Å². The second-order valence-electron chi connectivity index (χ2n) is 4.52. The molecule has 5 heteroatoms. The molecule has 4 nitrogen and oxygen atoms in total. The molecule has 0 fully saturated rings. The summed E-state index contributed by atoms with van der Waals surface area (Å²) in [5, 5.41) is 2.77. The highest BCUT2D eigenvalue weighted by atomic mass is 35.5. The smallest absolute Gasteiger partial charge is 0.213 e. The van der Waals surface area contributed by atoms with E-state index in [4.69, 9.17) is 16.3 Å². The highest BCUT2D eigenvalue weighted by Crippen LogP contribution is 2.13. The first-order chi connectivity index (χ1) is 9.67. The van der Waals surface area contributed by atoms with E-state index in [-0.39, 0.29) is 0 Å². The lowest BCUT2D eigenvalue weighted by Gasteiger charge is -2.07. The van der Waals surface area contributed by atoms with E-state index in [1.54, 1.807) is 6.20 Å². The molecule has 0 radical (unpaired) electrons. The SMILES string of the molecule is Cc1ccc(OCc2ccc(CC(Cl)N=O)cc2)nc1.